The van der Waals surface area contributed by atoms with E-state index in [1.165, 1.54) is 18.3 Å². The average Bonchev–Trinajstić information content (AvgIpc) is 1.50. The monoisotopic (exact) mass is 305 g/mol. The van der Waals surface area contributed by atoms with Gasteiger partial charge in [-0.3, -0.25) is 0 Å². The van der Waals surface area contributed by atoms with Crippen LogP contribution in [0.5, 0.6) is 0 Å². The van der Waals surface area contributed by atoms with Crippen molar-refractivity contribution in [1.82, 2.24) is 0 Å². The van der Waals surface area contributed by atoms with Gasteiger partial charge in [0.2, 0.25) is 0 Å². The van der Waals surface area contributed by atoms with E-state index in [1.54, 1.807) is 0 Å². The van der Waals surface area contributed by atoms with Crippen molar-refractivity contribution in [3.8, 4) is 0 Å². The van der Waals surface area contributed by atoms with Gasteiger partial charge in [-0.25, -0.2) is 0 Å². The molecule has 43 valence electrons. The van der Waals surface area contributed by atoms with Crippen LogP contribution in [0.3, 0.4) is 0 Å². The molecule has 0 heterocycles. The molecule has 0 amide bonds. The van der Waals surface area contributed by atoms with Gasteiger partial charge >= 0.3 is 41.6 Å². The Morgan fingerprint density at radius 2 is 1.20 bits per heavy atom. The zero-order valence-electron chi connectivity index (χ0n) is 1.75. The van der Waals surface area contributed by atoms with Gasteiger partial charge < -0.3 is 0 Å². The quantitative estimate of drug-likeness (QED) is 0.579. The molecule has 0 aliphatic rings. The summed E-state index contributed by atoms with van der Waals surface area (Å²) < 4.78 is 16.0. The fraction of sp³-hybridized carbons (Fsp3) is 0. The first-order chi connectivity index (χ1) is 2.00. The van der Waals surface area contributed by atoms with Crippen LogP contribution in [0.4, 0.5) is 0 Å². The average molecular weight is 306 g/mol. The Bertz CT molecular complexity index is 11.6. The first kappa shape index (κ1) is 16.1. The number of rotatable bonds is 0. The summed E-state index contributed by atoms with van der Waals surface area (Å²) in [5, 5.41) is 0. The fourth-order valence-corrected chi connectivity index (χ4v) is 0. The molecule has 0 aliphatic heterocycles. The van der Waals surface area contributed by atoms with Crippen molar-refractivity contribution in [1.29, 1.82) is 0 Å². The molecule has 0 rings (SSSR count). The second-order valence-corrected chi connectivity index (χ2v) is 0. The van der Waals surface area contributed by atoms with Crippen LogP contribution in [-0.4, -0.2) is 0 Å². The van der Waals surface area contributed by atoms with Gasteiger partial charge in [0.15, 0.2) is 0 Å². The van der Waals surface area contributed by atoms with Crippen LogP contribution >= 0.6 is 0 Å². The van der Waals surface area contributed by atoms with Gasteiger partial charge in [-0.05, 0) is 0 Å². The molecule has 0 unspecified atom stereocenters. The summed E-state index contributed by atoms with van der Waals surface area (Å²) in [5.41, 5.74) is 0. The molecule has 0 aromatic heterocycles. The summed E-state index contributed by atoms with van der Waals surface area (Å²) in [4.78, 5) is 0. The van der Waals surface area contributed by atoms with Crippen molar-refractivity contribution in [2.45, 2.75) is 0 Å². The molecule has 0 aromatic rings. The molecule has 2 nitrogen and oxygen atoms in total. The molecule has 0 saturated carbocycles. The normalized spacial score (nSPS) is 2.20. The molecule has 5 heavy (non-hydrogen) atoms. The standard InChI is InChI=1S/Ag.Cu.2O.Rh. The second-order valence-electron chi connectivity index (χ2n) is 0. The molecule has 0 spiro atoms. The zero-order valence-corrected chi connectivity index (χ0v) is 5.82. The second kappa shape index (κ2) is 50.1. The zero-order chi connectivity index (χ0) is 4.00. The van der Waals surface area contributed by atoms with Crippen LogP contribution in [0.2, 0.25) is 0 Å². The van der Waals surface area contributed by atoms with Gasteiger partial charge in [0.1, 0.15) is 0 Å². The molecule has 0 saturated heterocycles. The first-order valence-corrected chi connectivity index (χ1v) is 1.31. The Morgan fingerprint density at radius 3 is 1.20 bits per heavy atom. The Morgan fingerprint density at radius 1 is 1.20 bits per heavy atom. The molecule has 0 aromatic carbocycles. The van der Waals surface area contributed by atoms with Crippen LogP contribution in [0.15, 0.2) is 0 Å². The molecular weight excluding hydrogens is 306 g/mol. The number of hydrogen-bond donors (Lipinski definition) is 0. The molecular formula is AgCuO2Rh. The van der Waals surface area contributed by atoms with E-state index in [4.69, 9.17) is 7.41 Å². The van der Waals surface area contributed by atoms with Crippen molar-refractivity contribution in [2.24, 2.45) is 0 Å². The van der Waals surface area contributed by atoms with Gasteiger partial charge in [0, 0.05) is 22.4 Å². The van der Waals surface area contributed by atoms with Crippen molar-refractivity contribution in [3.05, 3.63) is 0 Å². The Kier molecular flexibility index (Phi) is 161. The molecule has 0 fully saturated rings. The van der Waals surface area contributed by atoms with Crippen LogP contribution < -0.4 is 0 Å². The van der Waals surface area contributed by atoms with E-state index in [0.717, 1.165) is 0 Å². The third-order valence-corrected chi connectivity index (χ3v) is 0. The van der Waals surface area contributed by atoms with E-state index in [-0.39, 0.29) is 22.4 Å². The van der Waals surface area contributed by atoms with E-state index in [1.807, 2.05) is 0 Å². The fourth-order valence-electron chi connectivity index (χ4n) is 0. The summed E-state index contributed by atoms with van der Waals surface area (Å²) >= 11 is 4.24. The molecule has 0 aliphatic carbocycles. The third-order valence-electron chi connectivity index (χ3n) is 0. The molecule has 0 bridgehead atoms. The Balaban J connectivity index is -0.0000000133. The minimum absolute atomic E-state index is 0. The Labute approximate surface area is 63.5 Å². The van der Waals surface area contributed by atoms with Crippen LogP contribution in [-0.2, 0) is 64.0 Å². The van der Waals surface area contributed by atoms with Gasteiger partial charge in [-0.1, -0.05) is 0 Å². The summed E-state index contributed by atoms with van der Waals surface area (Å²) in [6.07, 6.45) is 0. The van der Waals surface area contributed by atoms with Crippen molar-refractivity contribution in [3.63, 3.8) is 0 Å². The van der Waals surface area contributed by atoms with Crippen LogP contribution in [0.1, 0.15) is 0 Å². The van der Waals surface area contributed by atoms with Crippen LogP contribution in [0, 0.1) is 0 Å². The van der Waals surface area contributed by atoms with Crippen molar-refractivity contribution < 1.29 is 64.0 Å². The van der Waals surface area contributed by atoms with Gasteiger partial charge in [-0.2, -0.15) is 0 Å². The number of hydrogen-bond acceptors (Lipinski definition) is 2. The van der Waals surface area contributed by atoms with Gasteiger partial charge in [0.05, 0.1) is 0 Å². The predicted molar refractivity (Wildman–Crippen MR) is 1.37 cm³/mol. The van der Waals surface area contributed by atoms with E-state index >= 15 is 0 Å². The van der Waals surface area contributed by atoms with E-state index in [9.17, 15) is 0 Å². The minimum atomic E-state index is 0. The third kappa shape index (κ3) is 30.2. The molecule has 0 atom stereocenters. The van der Waals surface area contributed by atoms with E-state index in [2.05, 4.69) is 15.9 Å². The maximum absolute atomic E-state index is 8.14. The van der Waals surface area contributed by atoms with Crippen LogP contribution in [0.25, 0.3) is 0 Å². The summed E-state index contributed by atoms with van der Waals surface area (Å²) in [6.45, 7) is 0. The maximum atomic E-state index is 8.14. The summed E-state index contributed by atoms with van der Waals surface area (Å²) in [5.74, 6) is 0. The molecule has 5 heteroatoms. The SMILES string of the molecule is [Ag].[O]=[Cu].[O]=[Rh]. The summed E-state index contributed by atoms with van der Waals surface area (Å²) in [7, 11) is 0. The van der Waals surface area contributed by atoms with E-state index in [0.29, 0.717) is 0 Å². The predicted octanol–water partition coefficient (Wildman–Crippen LogP) is -0.245. The van der Waals surface area contributed by atoms with Crippen molar-refractivity contribution >= 4 is 0 Å². The molecule has 1 radical (unpaired) electrons. The van der Waals surface area contributed by atoms with Gasteiger partial charge in [0.25, 0.3) is 0 Å². The summed E-state index contributed by atoms with van der Waals surface area (Å²) in [6, 6.07) is 0. The van der Waals surface area contributed by atoms with Crippen molar-refractivity contribution in [2.75, 3.05) is 0 Å². The van der Waals surface area contributed by atoms with E-state index < -0.39 is 0 Å². The first-order valence-electron chi connectivity index (χ1n) is 0.259. The molecule has 0 N–H and O–H groups in total. The van der Waals surface area contributed by atoms with Gasteiger partial charge in [-0.15, -0.1) is 0 Å². The topological polar surface area (TPSA) is 34.1 Å². The Hall–Kier alpha value is 1.48.